The molecule has 4 rings (SSSR count). The second-order valence-electron chi connectivity index (χ2n) is 5.71. The molecule has 2 N–H and O–H groups in total. The Kier molecular flexibility index (Phi) is 4.20. The summed E-state index contributed by atoms with van der Waals surface area (Å²) >= 11 is 5.07. The van der Waals surface area contributed by atoms with Crippen molar-refractivity contribution in [2.75, 3.05) is 5.32 Å². The number of rotatable bonds is 3. The van der Waals surface area contributed by atoms with Gasteiger partial charge in [0.25, 0.3) is 5.91 Å². The van der Waals surface area contributed by atoms with Gasteiger partial charge in [-0.25, -0.2) is 0 Å². The van der Waals surface area contributed by atoms with Crippen molar-refractivity contribution in [2.45, 2.75) is 25.7 Å². The Balaban J connectivity index is 1.52. The first-order valence-electron chi connectivity index (χ1n) is 7.81. The van der Waals surface area contributed by atoms with Crippen LogP contribution in [-0.2, 0) is 12.8 Å². The van der Waals surface area contributed by atoms with Crippen molar-refractivity contribution in [3.05, 3.63) is 50.1 Å². The lowest BCUT2D eigenvalue weighted by Gasteiger charge is -2.08. The fraction of sp³-hybridized carbons (Fsp3) is 0.235. The first kappa shape index (κ1) is 15.5. The standard InChI is InChI=1S/C17H15BrN4OS/c18-12-7-3-2-6-11(12)15-19-17(22-21-15)20-16(23)14-9-10-5-1-4-8-13(10)24-14/h2-3,6-7,9H,1,4-5,8H2,(H2,19,20,21,22,23). The van der Waals surface area contributed by atoms with E-state index in [-0.39, 0.29) is 11.9 Å². The molecule has 0 aliphatic heterocycles. The zero-order valence-corrected chi connectivity index (χ0v) is 15.2. The van der Waals surface area contributed by atoms with Crippen molar-refractivity contribution in [1.82, 2.24) is 15.2 Å². The van der Waals surface area contributed by atoms with Crippen molar-refractivity contribution in [2.24, 2.45) is 0 Å². The fourth-order valence-corrected chi connectivity index (χ4v) is 4.48. The van der Waals surface area contributed by atoms with Crippen LogP contribution in [0.3, 0.4) is 0 Å². The van der Waals surface area contributed by atoms with Crippen LogP contribution in [0, 0.1) is 0 Å². The van der Waals surface area contributed by atoms with Gasteiger partial charge in [-0.3, -0.25) is 15.2 Å². The van der Waals surface area contributed by atoms with E-state index in [1.807, 2.05) is 30.3 Å². The van der Waals surface area contributed by atoms with Gasteiger partial charge < -0.3 is 0 Å². The Morgan fingerprint density at radius 1 is 1.25 bits per heavy atom. The van der Waals surface area contributed by atoms with Gasteiger partial charge in [-0.15, -0.1) is 16.4 Å². The molecule has 2 aromatic heterocycles. The highest BCUT2D eigenvalue weighted by Crippen LogP contribution is 2.30. The number of hydrogen-bond donors (Lipinski definition) is 2. The number of benzene rings is 1. The van der Waals surface area contributed by atoms with Crippen LogP contribution in [0.25, 0.3) is 11.4 Å². The molecule has 0 spiro atoms. The number of aryl methyl sites for hydroxylation is 2. The minimum atomic E-state index is -0.146. The lowest BCUT2D eigenvalue weighted by Crippen LogP contribution is -2.11. The molecule has 0 atom stereocenters. The van der Waals surface area contributed by atoms with Gasteiger partial charge in [0.15, 0.2) is 5.82 Å². The number of aromatic amines is 1. The highest BCUT2D eigenvalue weighted by Gasteiger charge is 2.18. The Bertz CT molecular complexity index is 878. The summed E-state index contributed by atoms with van der Waals surface area (Å²) in [5.41, 5.74) is 2.22. The maximum atomic E-state index is 12.4. The minimum Gasteiger partial charge on any atom is -0.288 e. The number of amides is 1. The van der Waals surface area contributed by atoms with Crippen LogP contribution in [0.1, 0.15) is 33.0 Å². The van der Waals surface area contributed by atoms with Crippen LogP contribution >= 0.6 is 27.3 Å². The van der Waals surface area contributed by atoms with E-state index < -0.39 is 0 Å². The second kappa shape index (κ2) is 6.49. The number of fused-ring (bicyclic) bond motifs is 1. The number of hydrogen-bond acceptors (Lipinski definition) is 4. The number of aromatic nitrogens is 3. The first-order valence-corrected chi connectivity index (χ1v) is 9.42. The third-order valence-corrected chi connectivity index (χ3v) is 5.99. The van der Waals surface area contributed by atoms with Gasteiger partial charge in [-0.1, -0.05) is 34.1 Å². The van der Waals surface area contributed by atoms with Gasteiger partial charge in [0, 0.05) is 14.9 Å². The van der Waals surface area contributed by atoms with Gasteiger partial charge in [-0.2, -0.15) is 4.98 Å². The maximum absolute atomic E-state index is 12.4. The van der Waals surface area contributed by atoms with Gasteiger partial charge in [0.2, 0.25) is 5.95 Å². The van der Waals surface area contributed by atoms with E-state index in [1.54, 1.807) is 11.3 Å². The van der Waals surface area contributed by atoms with E-state index in [1.165, 1.54) is 23.3 Å². The molecule has 5 nitrogen and oxygen atoms in total. The number of anilines is 1. The van der Waals surface area contributed by atoms with Crippen LogP contribution < -0.4 is 5.32 Å². The number of H-pyrrole nitrogens is 1. The number of nitrogens with one attached hydrogen (secondary N) is 2. The average molecular weight is 403 g/mol. The topological polar surface area (TPSA) is 70.7 Å². The molecule has 0 saturated carbocycles. The molecule has 1 aliphatic rings. The van der Waals surface area contributed by atoms with Crippen molar-refractivity contribution < 1.29 is 4.79 Å². The van der Waals surface area contributed by atoms with Gasteiger partial charge in [0.1, 0.15) is 0 Å². The van der Waals surface area contributed by atoms with Crippen molar-refractivity contribution in [3.63, 3.8) is 0 Å². The predicted molar refractivity (Wildman–Crippen MR) is 98.4 cm³/mol. The maximum Gasteiger partial charge on any atom is 0.268 e. The zero-order valence-electron chi connectivity index (χ0n) is 12.8. The van der Waals surface area contributed by atoms with Crippen LogP contribution in [0.15, 0.2) is 34.8 Å². The summed E-state index contributed by atoms with van der Waals surface area (Å²) in [6.07, 6.45) is 4.58. The lowest BCUT2D eigenvalue weighted by atomic mass is 9.99. The van der Waals surface area contributed by atoms with E-state index in [9.17, 15) is 4.79 Å². The molecule has 2 heterocycles. The van der Waals surface area contributed by atoms with Gasteiger partial charge in [0.05, 0.1) is 4.88 Å². The summed E-state index contributed by atoms with van der Waals surface area (Å²) in [5.74, 6) is 0.757. The minimum absolute atomic E-state index is 0.146. The van der Waals surface area contributed by atoms with Gasteiger partial charge in [-0.05, 0) is 43.4 Å². The molecule has 24 heavy (non-hydrogen) atoms. The van der Waals surface area contributed by atoms with E-state index in [0.29, 0.717) is 5.82 Å². The van der Waals surface area contributed by atoms with Crippen molar-refractivity contribution in [3.8, 4) is 11.4 Å². The molecule has 122 valence electrons. The SMILES string of the molecule is O=C(Nc1n[nH]c(-c2ccccc2Br)n1)c1cc2c(s1)CCCC2. The predicted octanol–water partition coefficient (Wildman–Crippen LogP) is 4.43. The molecule has 3 aromatic rings. The molecule has 0 radical (unpaired) electrons. The smallest absolute Gasteiger partial charge is 0.268 e. The molecule has 1 aliphatic carbocycles. The summed E-state index contributed by atoms with van der Waals surface area (Å²) in [7, 11) is 0. The largest absolute Gasteiger partial charge is 0.288 e. The third kappa shape index (κ3) is 3.01. The van der Waals surface area contributed by atoms with Crippen LogP contribution in [0.5, 0.6) is 0 Å². The monoisotopic (exact) mass is 402 g/mol. The average Bonchev–Trinajstić information content (AvgIpc) is 3.22. The highest BCUT2D eigenvalue weighted by molar-refractivity contribution is 9.10. The summed E-state index contributed by atoms with van der Waals surface area (Å²) in [5, 5.41) is 9.74. The molecular weight excluding hydrogens is 388 g/mol. The van der Waals surface area contributed by atoms with E-state index in [4.69, 9.17) is 0 Å². The Hall–Kier alpha value is -1.99. The second-order valence-corrected chi connectivity index (χ2v) is 7.70. The Labute approximate surface area is 151 Å². The molecular formula is C17H15BrN4OS. The van der Waals surface area contributed by atoms with Crippen molar-refractivity contribution >= 4 is 39.1 Å². The quantitative estimate of drug-likeness (QED) is 0.680. The normalized spacial score (nSPS) is 13.5. The summed E-state index contributed by atoms with van der Waals surface area (Å²) in [6, 6.07) is 9.74. The third-order valence-electron chi connectivity index (χ3n) is 4.06. The number of carbonyl (C=O) groups is 1. The Morgan fingerprint density at radius 2 is 2.08 bits per heavy atom. The lowest BCUT2D eigenvalue weighted by molar-refractivity contribution is 0.102. The molecule has 1 aromatic carbocycles. The van der Waals surface area contributed by atoms with Crippen LogP contribution in [0.4, 0.5) is 5.95 Å². The molecule has 1 amide bonds. The van der Waals surface area contributed by atoms with E-state index in [0.717, 1.165) is 27.8 Å². The molecule has 0 unspecified atom stereocenters. The van der Waals surface area contributed by atoms with E-state index >= 15 is 0 Å². The molecule has 0 fully saturated rings. The van der Waals surface area contributed by atoms with Crippen molar-refractivity contribution in [1.29, 1.82) is 0 Å². The summed E-state index contributed by atoms with van der Waals surface area (Å²) in [6.45, 7) is 0. The summed E-state index contributed by atoms with van der Waals surface area (Å²) < 4.78 is 0.921. The first-order chi connectivity index (χ1) is 11.7. The number of thiophene rings is 1. The van der Waals surface area contributed by atoms with Crippen LogP contribution in [0.2, 0.25) is 0 Å². The number of nitrogens with zero attached hydrogens (tertiary/aromatic N) is 2. The van der Waals surface area contributed by atoms with Gasteiger partial charge >= 0.3 is 0 Å². The van der Waals surface area contributed by atoms with Crippen LogP contribution in [-0.4, -0.2) is 21.1 Å². The number of halogens is 1. The fourth-order valence-electron chi connectivity index (χ4n) is 2.86. The Morgan fingerprint density at radius 3 is 2.92 bits per heavy atom. The van der Waals surface area contributed by atoms with E-state index in [2.05, 4.69) is 36.4 Å². The molecule has 7 heteroatoms. The molecule has 0 saturated heterocycles. The molecule has 0 bridgehead atoms. The summed E-state index contributed by atoms with van der Waals surface area (Å²) in [4.78, 5) is 18.9. The highest BCUT2D eigenvalue weighted by atomic mass is 79.9. The number of carbonyl (C=O) groups excluding carboxylic acids is 1. The zero-order chi connectivity index (χ0) is 16.5.